The predicted octanol–water partition coefficient (Wildman–Crippen LogP) is 3.60. The summed E-state index contributed by atoms with van der Waals surface area (Å²) < 4.78 is 16.5. The Bertz CT molecular complexity index is 1090. The zero-order valence-corrected chi connectivity index (χ0v) is 16.0. The quantitative estimate of drug-likeness (QED) is 0.580. The summed E-state index contributed by atoms with van der Waals surface area (Å²) in [7, 11) is 1.57. The minimum atomic E-state index is -0.139. The molecule has 0 unspecified atom stereocenters. The molecule has 0 aliphatic rings. The van der Waals surface area contributed by atoms with Crippen molar-refractivity contribution in [3.05, 3.63) is 43.0 Å². The van der Waals surface area contributed by atoms with E-state index in [2.05, 4.69) is 20.4 Å². The molecule has 0 saturated heterocycles. The first kappa shape index (κ1) is 18.8. The average molecular weight is 386 g/mol. The number of aromatic nitrogens is 5. The number of likely N-dealkylation sites (N-methyl/N-ethyl adjacent to an activating group) is 1. The summed E-state index contributed by atoms with van der Waals surface area (Å²) in [5, 5.41) is 8.39. The molecule has 0 radical (unpaired) electrons. The number of fused-ring (bicyclic) bond motifs is 3. The zero-order chi connectivity index (χ0) is 19.4. The number of rotatable bonds is 4. The maximum Gasteiger partial charge on any atom is 0.241 e. The van der Waals surface area contributed by atoms with Crippen molar-refractivity contribution >= 4 is 40.2 Å². The van der Waals surface area contributed by atoms with Gasteiger partial charge in [-0.1, -0.05) is 13.8 Å². The molecule has 1 N–H and O–H groups in total. The lowest BCUT2D eigenvalue weighted by Gasteiger charge is -2.01. The van der Waals surface area contributed by atoms with Crippen LogP contribution >= 0.6 is 12.3 Å². The van der Waals surface area contributed by atoms with E-state index in [-0.39, 0.29) is 24.8 Å². The molecule has 4 heterocycles. The van der Waals surface area contributed by atoms with E-state index in [0.717, 1.165) is 21.9 Å². The second kappa shape index (κ2) is 8.17. The van der Waals surface area contributed by atoms with E-state index in [0.29, 0.717) is 11.3 Å². The van der Waals surface area contributed by atoms with Crippen molar-refractivity contribution in [2.24, 2.45) is 0 Å². The molecule has 1 amide bonds. The normalized spacial score (nSPS) is 10.7. The molecule has 7 nitrogen and oxygen atoms in total. The largest absolute Gasteiger partial charge is 0.358 e. The van der Waals surface area contributed by atoms with Gasteiger partial charge in [0.05, 0.1) is 17.4 Å². The van der Waals surface area contributed by atoms with E-state index in [9.17, 15) is 8.68 Å². The van der Waals surface area contributed by atoms with Crippen molar-refractivity contribution in [2.75, 3.05) is 7.05 Å². The number of halogens is 1. The lowest BCUT2D eigenvalue weighted by molar-refractivity contribution is -0.121. The summed E-state index contributed by atoms with van der Waals surface area (Å²) in [6.07, 6.45) is 6.69. The monoisotopic (exact) mass is 386 g/mol. The van der Waals surface area contributed by atoms with Gasteiger partial charge in [-0.15, -0.1) is 3.89 Å². The van der Waals surface area contributed by atoms with E-state index in [1.807, 2.05) is 26.0 Å². The fourth-order valence-corrected chi connectivity index (χ4v) is 3.18. The number of carbonyl (C=O) groups is 1. The van der Waals surface area contributed by atoms with Crippen molar-refractivity contribution in [3.63, 3.8) is 0 Å². The molecule has 4 aromatic heterocycles. The Morgan fingerprint density at radius 1 is 1.22 bits per heavy atom. The lowest BCUT2D eigenvalue weighted by atomic mass is 10.2. The number of carbonyl (C=O) groups excluding carboxylic acids is 1. The van der Waals surface area contributed by atoms with Gasteiger partial charge in [-0.3, -0.25) is 14.5 Å². The fraction of sp³-hybridized carbons (Fsp3) is 0.222. The summed E-state index contributed by atoms with van der Waals surface area (Å²) in [4.78, 5) is 20.1. The third kappa shape index (κ3) is 3.50. The third-order valence-corrected chi connectivity index (χ3v) is 4.46. The maximum absolute atomic E-state index is 13.5. The highest BCUT2D eigenvalue weighted by Crippen LogP contribution is 2.32. The Kier molecular flexibility index (Phi) is 5.70. The number of hydrogen-bond acceptors (Lipinski definition) is 5. The first-order valence-corrected chi connectivity index (χ1v) is 9.16. The van der Waals surface area contributed by atoms with Crippen LogP contribution in [0.25, 0.3) is 33.2 Å². The van der Waals surface area contributed by atoms with Gasteiger partial charge < -0.3 is 5.32 Å². The SMILES string of the molecule is CC.CNC(=O)Cn1cc(-c2ccc3c4cnccc4n(SF)c3n2)cn1. The van der Waals surface area contributed by atoms with Crippen LogP contribution in [0.15, 0.2) is 43.0 Å². The second-order valence-electron chi connectivity index (χ2n) is 5.42. The molecule has 9 heteroatoms. The van der Waals surface area contributed by atoms with E-state index in [1.165, 1.54) is 8.65 Å². The molecule has 0 bridgehead atoms. The minimum absolute atomic E-state index is 0.108. The molecule has 27 heavy (non-hydrogen) atoms. The number of pyridine rings is 2. The van der Waals surface area contributed by atoms with Gasteiger partial charge >= 0.3 is 0 Å². The lowest BCUT2D eigenvalue weighted by Crippen LogP contribution is -2.23. The van der Waals surface area contributed by atoms with E-state index in [1.54, 1.807) is 37.9 Å². The molecule has 0 aromatic carbocycles. The standard InChI is InChI=1S/C16H13FN6OS.C2H6/c1-18-15(24)9-22-8-10(6-20-22)13-3-2-11-12-7-19-5-4-14(12)23(25-17)16(11)21-13;1-2/h2-8H,9H2,1H3,(H,18,24);1-2H3. The Balaban J connectivity index is 0.00000102. The highest BCUT2D eigenvalue weighted by Gasteiger charge is 2.14. The van der Waals surface area contributed by atoms with Crippen LogP contribution in [0.1, 0.15) is 13.8 Å². The van der Waals surface area contributed by atoms with Crippen molar-refractivity contribution in [2.45, 2.75) is 20.4 Å². The van der Waals surface area contributed by atoms with Crippen molar-refractivity contribution < 1.29 is 8.68 Å². The van der Waals surface area contributed by atoms with Crippen LogP contribution in [0.3, 0.4) is 0 Å². The number of nitrogens with zero attached hydrogens (tertiary/aromatic N) is 5. The van der Waals surface area contributed by atoms with Gasteiger partial charge in [0.1, 0.15) is 6.54 Å². The van der Waals surface area contributed by atoms with Gasteiger partial charge in [-0.2, -0.15) is 5.10 Å². The number of hydrogen-bond donors (Lipinski definition) is 1. The maximum atomic E-state index is 13.5. The van der Waals surface area contributed by atoms with Gasteiger partial charge in [0, 0.05) is 42.0 Å². The van der Waals surface area contributed by atoms with Gasteiger partial charge in [0.25, 0.3) is 0 Å². The van der Waals surface area contributed by atoms with Gasteiger partial charge in [0.15, 0.2) is 18.0 Å². The third-order valence-electron chi connectivity index (χ3n) is 3.96. The molecule has 0 fully saturated rings. The molecule has 0 atom stereocenters. The Morgan fingerprint density at radius 2 is 2.04 bits per heavy atom. The molecule has 4 aromatic rings. The molecule has 4 rings (SSSR count). The molecule has 0 spiro atoms. The topological polar surface area (TPSA) is 77.6 Å². The molecule has 0 saturated carbocycles. The first-order chi connectivity index (χ1) is 13.2. The predicted molar refractivity (Wildman–Crippen MR) is 106 cm³/mol. The fourth-order valence-electron chi connectivity index (χ4n) is 2.74. The summed E-state index contributed by atoms with van der Waals surface area (Å²) in [6, 6.07) is 5.50. The Morgan fingerprint density at radius 3 is 2.78 bits per heavy atom. The van der Waals surface area contributed by atoms with Gasteiger partial charge in [-0.05, 0) is 18.2 Å². The smallest absolute Gasteiger partial charge is 0.241 e. The highest BCUT2D eigenvalue weighted by molar-refractivity contribution is 7.93. The summed E-state index contributed by atoms with van der Waals surface area (Å²) >= 11 is 0.108. The van der Waals surface area contributed by atoms with Gasteiger partial charge in [0.2, 0.25) is 5.91 Å². The summed E-state index contributed by atoms with van der Waals surface area (Å²) in [5.74, 6) is -0.139. The number of amides is 1. The van der Waals surface area contributed by atoms with Crippen LogP contribution in [0.4, 0.5) is 3.89 Å². The van der Waals surface area contributed by atoms with Crippen LogP contribution < -0.4 is 5.32 Å². The van der Waals surface area contributed by atoms with Crippen LogP contribution in [0.5, 0.6) is 0 Å². The highest BCUT2D eigenvalue weighted by atomic mass is 32.2. The van der Waals surface area contributed by atoms with Gasteiger partial charge in [-0.25, -0.2) is 8.96 Å². The van der Waals surface area contributed by atoms with E-state index < -0.39 is 0 Å². The molecule has 0 aliphatic carbocycles. The molecule has 0 aliphatic heterocycles. The Labute approximate surface area is 160 Å². The van der Waals surface area contributed by atoms with Crippen LogP contribution in [0.2, 0.25) is 0 Å². The van der Waals surface area contributed by atoms with Crippen molar-refractivity contribution in [3.8, 4) is 11.3 Å². The Hall–Kier alpha value is -2.94. The average Bonchev–Trinajstić information content (AvgIpc) is 3.31. The summed E-state index contributed by atoms with van der Waals surface area (Å²) in [6.45, 7) is 4.13. The van der Waals surface area contributed by atoms with Crippen molar-refractivity contribution in [1.29, 1.82) is 0 Å². The van der Waals surface area contributed by atoms with Crippen molar-refractivity contribution in [1.82, 2.24) is 29.0 Å². The molecular formula is C18H19FN6OS. The van der Waals surface area contributed by atoms with E-state index in [4.69, 9.17) is 0 Å². The van der Waals surface area contributed by atoms with Crippen LogP contribution in [-0.2, 0) is 11.3 Å². The summed E-state index contributed by atoms with van der Waals surface area (Å²) in [5.41, 5.74) is 2.65. The minimum Gasteiger partial charge on any atom is -0.358 e. The number of nitrogens with one attached hydrogen (secondary N) is 1. The second-order valence-corrected chi connectivity index (χ2v) is 5.93. The van der Waals surface area contributed by atoms with E-state index >= 15 is 0 Å². The van der Waals surface area contributed by atoms with Crippen LogP contribution in [-0.4, -0.2) is 36.7 Å². The molecular weight excluding hydrogens is 367 g/mol. The zero-order valence-electron chi connectivity index (χ0n) is 15.2. The first-order valence-electron chi connectivity index (χ1n) is 8.49. The molecule has 140 valence electrons. The van der Waals surface area contributed by atoms with Crippen LogP contribution in [0, 0.1) is 0 Å².